The highest BCUT2D eigenvalue weighted by Gasteiger charge is 2.22. The van der Waals surface area contributed by atoms with Gasteiger partial charge in [-0.15, -0.1) is 0 Å². The number of carbonyl (C=O) groups is 3. The van der Waals surface area contributed by atoms with Gasteiger partial charge in [-0.25, -0.2) is 0 Å². The van der Waals surface area contributed by atoms with Crippen molar-refractivity contribution in [3.05, 3.63) is 122 Å². The van der Waals surface area contributed by atoms with Crippen LogP contribution in [0, 0.1) is 0 Å². The van der Waals surface area contributed by atoms with E-state index in [1.165, 1.54) is 83.5 Å². The minimum Gasteiger partial charge on any atom is -0.545 e. The highest BCUT2D eigenvalue weighted by atomic mass is 16.7. The fourth-order valence-corrected chi connectivity index (χ4v) is 7.99. The van der Waals surface area contributed by atoms with Crippen molar-refractivity contribution >= 4 is 17.9 Å². The molecule has 0 aliphatic heterocycles. The normalized spacial score (nSPS) is 13.6. The van der Waals surface area contributed by atoms with Crippen molar-refractivity contribution in [3.8, 4) is 0 Å². The van der Waals surface area contributed by atoms with E-state index >= 15 is 0 Å². The zero-order valence-electron chi connectivity index (χ0n) is 49.8. The molecule has 0 heterocycles. The Morgan fingerprint density at radius 2 is 0.740 bits per heavy atom. The van der Waals surface area contributed by atoms with Crippen molar-refractivity contribution in [3.63, 3.8) is 0 Å². The van der Waals surface area contributed by atoms with Crippen LogP contribution in [0.25, 0.3) is 0 Å². The third-order valence-corrected chi connectivity index (χ3v) is 12.7. The number of carboxylic acids is 1. The molecule has 0 saturated carbocycles. The second kappa shape index (κ2) is 57.9. The summed E-state index contributed by atoms with van der Waals surface area (Å²) in [4.78, 5) is 37.3. The lowest BCUT2D eigenvalue weighted by Crippen LogP contribution is -2.44. The highest BCUT2D eigenvalue weighted by Crippen LogP contribution is 2.15. The van der Waals surface area contributed by atoms with Crippen molar-refractivity contribution in [2.24, 2.45) is 0 Å². The quantitative estimate of drug-likeness (QED) is 0.0195. The van der Waals surface area contributed by atoms with Crippen molar-refractivity contribution in [1.29, 1.82) is 0 Å². The van der Waals surface area contributed by atoms with Gasteiger partial charge in [0.05, 0.1) is 40.3 Å². The van der Waals surface area contributed by atoms with Crippen LogP contribution in [0.15, 0.2) is 122 Å². The van der Waals surface area contributed by atoms with Crippen molar-refractivity contribution in [2.45, 2.75) is 245 Å². The van der Waals surface area contributed by atoms with Crippen LogP contribution in [0.1, 0.15) is 232 Å². The number of quaternary nitrogens is 1. The van der Waals surface area contributed by atoms with E-state index in [9.17, 15) is 19.5 Å². The van der Waals surface area contributed by atoms with E-state index in [1.54, 1.807) is 0 Å². The predicted molar refractivity (Wildman–Crippen MR) is 324 cm³/mol. The van der Waals surface area contributed by atoms with Crippen LogP contribution >= 0.6 is 0 Å². The summed E-state index contributed by atoms with van der Waals surface area (Å²) < 4.78 is 22.7. The fourth-order valence-electron chi connectivity index (χ4n) is 7.99. The van der Waals surface area contributed by atoms with Gasteiger partial charge in [-0.1, -0.05) is 232 Å². The van der Waals surface area contributed by atoms with Gasteiger partial charge in [0.25, 0.3) is 0 Å². The number of unbranched alkanes of at least 4 members (excludes halogenated alkanes) is 20. The minimum atomic E-state index is -1.63. The van der Waals surface area contributed by atoms with Gasteiger partial charge >= 0.3 is 11.9 Å². The number of likely N-dealkylation sites (N-methyl/N-ethyl adjacent to an activating group) is 1. The van der Waals surface area contributed by atoms with E-state index in [-0.39, 0.29) is 38.6 Å². The second-order valence-corrected chi connectivity index (χ2v) is 21.3. The molecule has 9 heteroatoms. The monoisotopic (exact) mass is 1070 g/mol. The van der Waals surface area contributed by atoms with Crippen LogP contribution in [0.5, 0.6) is 0 Å². The number of hydrogen-bond acceptors (Lipinski definition) is 8. The summed E-state index contributed by atoms with van der Waals surface area (Å²) in [5, 5.41) is 11.8. The number of carbonyl (C=O) groups excluding carboxylic acids is 3. The lowest BCUT2D eigenvalue weighted by Gasteiger charge is -2.26. The summed E-state index contributed by atoms with van der Waals surface area (Å²) in [6.07, 6.45) is 78.2. The molecule has 2 atom stereocenters. The van der Waals surface area contributed by atoms with E-state index < -0.39 is 24.3 Å². The van der Waals surface area contributed by atoms with Crippen LogP contribution in [0.3, 0.4) is 0 Å². The molecule has 2 unspecified atom stereocenters. The molecular formula is C68H113NO8. The third-order valence-electron chi connectivity index (χ3n) is 12.7. The number of rotatable bonds is 55. The van der Waals surface area contributed by atoms with Crippen LogP contribution in [-0.4, -0.2) is 82.3 Å². The molecule has 0 aromatic heterocycles. The average molecular weight is 1070 g/mol. The molecule has 0 aliphatic carbocycles. The highest BCUT2D eigenvalue weighted by molar-refractivity contribution is 5.70. The minimum absolute atomic E-state index is 0.139. The summed E-state index contributed by atoms with van der Waals surface area (Å²) in [6, 6.07) is 0. The first kappa shape index (κ1) is 72.7. The molecular weight excluding hydrogens is 959 g/mol. The van der Waals surface area contributed by atoms with Crippen LogP contribution < -0.4 is 5.11 Å². The number of aliphatic carboxylic acids is 1. The number of nitrogens with zero attached hydrogens (tertiary/aromatic N) is 1. The molecule has 0 bridgehead atoms. The van der Waals surface area contributed by atoms with Gasteiger partial charge in [0.2, 0.25) is 0 Å². The first-order valence-electron chi connectivity index (χ1n) is 30.7. The Hall–Kier alpha value is -4.31. The molecule has 0 aromatic rings. The van der Waals surface area contributed by atoms with Gasteiger partial charge in [-0.05, 0) is 109 Å². The molecule has 0 rings (SSSR count). The van der Waals surface area contributed by atoms with E-state index in [0.29, 0.717) is 17.4 Å². The summed E-state index contributed by atoms with van der Waals surface area (Å²) in [5.41, 5.74) is 0. The lowest BCUT2D eigenvalue weighted by atomic mass is 10.0. The molecule has 0 radical (unpaired) electrons. The molecule has 77 heavy (non-hydrogen) atoms. The SMILES string of the molecule is CC/C=C\C/C=C\C/C=C\C/C=C\C/C=C\C/C=C\C/C=C\CCCCCCCCCCCCCC(=O)OC(COC(=O)CCCCCCCC/C=C\C/C=C\C/C=C\CCCCC)COC(OCC[N+](C)(C)C)C(=O)[O-]. The molecule has 0 amide bonds. The Morgan fingerprint density at radius 1 is 0.403 bits per heavy atom. The van der Waals surface area contributed by atoms with Crippen molar-refractivity contribution in [2.75, 3.05) is 47.5 Å². The van der Waals surface area contributed by atoms with E-state index in [2.05, 4.69) is 135 Å². The van der Waals surface area contributed by atoms with E-state index in [4.69, 9.17) is 18.9 Å². The Morgan fingerprint density at radius 3 is 1.10 bits per heavy atom. The lowest BCUT2D eigenvalue weighted by molar-refractivity contribution is -0.870. The maximum absolute atomic E-state index is 12.9. The molecule has 438 valence electrons. The number of carboxylic acid groups (broad SMARTS) is 1. The summed E-state index contributed by atoms with van der Waals surface area (Å²) in [5.74, 6) is -2.31. The molecule has 9 nitrogen and oxygen atoms in total. The molecule has 0 fully saturated rings. The summed E-state index contributed by atoms with van der Waals surface area (Å²) in [7, 11) is 5.91. The molecule has 0 spiro atoms. The van der Waals surface area contributed by atoms with E-state index in [1.807, 2.05) is 21.1 Å². The smallest absolute Gasteiger partial charge is 0.306 e. The maximum atomic E-state index is 12.9. The zero-order valence-corrected chi connectivity index (χ0v) is 49.8. The van der Waals surface area contributed by atoms with Crippen LogP contribution in [-0.2, 0) is 33.3 Å². The standard InChI is InChI=1S/C68H113NO8/c1-6-8-10-12-14-16-18-20-22-24-26-27-28-29-30-31-32-33-34-35-36-37-38-39-41-43-45-47-49-51-53-55-57-59-66(71)77-64(63-76-68(67(72)73)74-61-60-69(3,4)5)62-75-65(70)58-56-54-52-50-48-46-44-42-40-25-23-21-19-17-15-13-11-9-7-2/h8,10,14-17,20-23,26-27,29-30,32-33,35-36,40,42,64,68H,6-7,9,11-13,18-19,24-25,28,31,34,37-39,41,43-63H2,1-5H3/b10-8-,16-14-,17-15-,22-20-,23-21-,27-26-,30-29-,33-32-,36-35-,42-40-. The first-order chi connectivity index (χ1) is 37.6. The maximum Gasteiger partial charge on any atom is 0.306 e. The fraction of sp³-hybridized carbons (Fsp3) is 0.662. The Balaban J connectivity index is 4.23. The van der Waals surface area contributed by atoms with Gasteiger partial charge in [-0.2, -0.15) is 0 Å². The average Bonchev–Trinajstić information content (AvgIpc) is 3.40. The largest absolute Gasteiger partial charge is 0.545 e. The number of esters is 2. The number of ether oxygens (including phenoxy) is 4. The molecule has 0 aliphatic rings. The van der Waals surface area contributed by atoms with Crippen LogP contribution in [0.4, 0.5) is 0 Å². The molecule has 0 aromatic carbocycles. The molecule has 0 saturated heterocycles. The van der Waals surface area contributed by atoms with Gasteiger partial charge < -0.3 is 33.3 Å². The summed E-state index contributed by atoms with van der Waals surface area (Å²) >= 11 is 0. The zero-order chi connectivity index (χ0) is 56.2. The summed E-state index contributed by atoms with van der Waals surface area (Å²) in [6.45, 7) is 4.58. The molecule has 0 N–H and O–H groups in total. The van der Waals surface area contributed by atoms with Gasteiger partial charge in [0.15, 0.2) is 12.4 Å². The van der Waals surface area contributed by atoms with Crippen molar-refractivity contribution < 1.29 is 42.9 Å². The number of hydrogen-bond donors (Lipinski definition) is 0. The predicted octanol–water partition coefficient (Wildman–Crippen LogP) is 17.1. The Kier molecular flexibility index (Phi) is 54.6. The third kappa shape index (κ3) is 59.2. The number of allylic oxidation sites excluding steroid dienone is 20. The Labute approximate surface area is 472 Å². The second-order valence-electron chi connectivity index (χ2n) is 21.3. The van der Waals surface area contributed by atoms with Gasteiger partial charge in [0, 0.05) is 12.8 Å². The van der Waals surface area contributed by atoms with Gasteiger partial charge in [0.1, 0.15) is 13.2 Å². The Bertz CT molecular complexity index is 1670. The topological polar surface area (TPSA) is 111 Å². The first-order valence-corrected chi connectivity index (χ1v) is 30.7. The van der Waals surface area contributed by atoms with Crippen molar-refractivity contribution in [1.82, 2.24) is 0 Å². The van der Waals surface area contributed by atoms with E-state index in [0.717, 1.165) is 116 Å². The van der Waals surface area contributed by atoms with Crippen LogP contribution in [0.2, 0.25) is 0 Å². The van der Waals surface area contributed by atoms with Gasteiger partial charge in [-0.3, -0.25) is 9.59 Å².